The molecular weight excluding hydrogens is 329 g/mol. The summed E-state index contributed by atoms with van der Waals surface area (Å²) in [7, 11) is -2.88. The summed E-state index contributed by atoms with van der Waals surface area (Å²) in [6.45, 7) is -0.435. The molecule has 2 aromatic heterocycles. The number of nitrogens with two attached hydrogens (primary N) is 1. The third kappa shape index (κ3) is 2.94. The van der Waals surface area contributed by atoms with Crippen molar-refractivity contribution < 1.29 is 29.1 Å². The first-order valence-electron chi connectivity index (χ1n) is 6.73. The Hall–Kier alpha value is -1.62. The lowest BCUT2D eigenvalue weighted by Gasteiger charge is -2.21. The van der Waals surface area contributed by atoms with Crippen LogP contribution < -0.4 is 5.73 Å². The van der Waals surface area contributed by atoms with Crippen LogP contribution in [0.15, 0.2) is 12.7 Å². The molecule has 126 valence electrons. The van der Waals surface area contributed by atoms with E-state index in [4.69, 9.17) is 20.1 Å². The van der Waals surface area contributed by atoms with E-state index < -0.39 is 45.5 Å². The SMILES string of the molecule is Nc1ncnc2c1ncn2[C@@H]1O[C@H](CO)[C@H](O)C1OC[PH](=O)O. The van der Waals surface area contributed by atoms with Gasteiger partial charge in [0.2, 0.25) is 8.03 Å². The number of aliphatic hydroxyl groups excluding tert-OH is 2. The molecule has 0 aromatic carbocycles. The molecule has 0 bridgehead atoms. The summed E-state index contributed by atoms with van der Waals surface area (Å²) in [5.41, 5.74) is 6.44. The second kappa shape index (κ2) is 6.48. The highest BCUT2D eigenvalue weighted by Crippen LogP contribution is 2.35. The van der Waals surface area contributed by atoms with Crippen molar-refractivity contribution in [3.05, 3.63) is 12.7 Å². The standard InChI is InChI=1S/C11H16N5O6P/c12-9-6-10(14-2-13-9)16(3-15-6)11-8(21-4-23(19)20)7(18)5(1-17)22-11/h2-3,5,7-8,11,17-18,23H,1,4H2,(H,19,20)(H2,12,13,14)/t5-,7+,8?,11-/m1/s1. The van der Waals surface area contributed by atoms with Crippen LogP contribution in [0.25, 0.3) is 11.2 Å². The van der Waals surface area contributed by atoms with Crippen LogP contribution in [0.4, 0.5) is 5.82 Å². The Morgan fingerprint density at radius 1 is 1.43 bits per heavy atom. The summed E-state index contributed by atoms with van der Waals surface area (Å²) in [5, 5.41) is 19.5. The zero-order valence-electron chi connectivity index (χ0n) is 11.8. The lowest BCUT2D eigenvalue weighted by molar-refractivity contribution is -0.0619. The second-order valence-electron chi connectivity index (χ2n) is 4.99. The molecule has 2 aromatic rings. The molecule has 3 heterocycles. The summed E-state index contributed by atoms with van der Waals surface area (Å²) in [5.74, 6) is 0.184. The van der Waals surface area contributed by atoms with E-state index in [-0.39, 0.29) is 5.82 Å². The normalized spacial score (nSPS) is 29.2. The van der Waals surface area contributed by atoms with E-state index in [2.05, 4.69) is 15.0 Å². The molecule has 12 heteroatoms. The number of fused-ring (bicyclic) bond motifs is 1. The monoisotopic (exact) mass is 345 g/mol. The molecule has 1 aliphatic rings. The molecule has 5 N–H and O–H groups in total. The Labute approximate surface area is 130 Å². The number of hydrogen-bond donors (Lipinski definition) is 4. The maximum Gasteiger partial charge on any atom is 0.214 e. The summed E-state index contributed by atoms with van der Waals surface area (Å²) >= 11 is 0. The molecule has 23 heavy (non-hydrogen) atoms. The fourth-order valence-electron chi connectivity index (χ4n) is 2.50. The van der Waals surface area contributed by atoms with Gasteiger partial charge in [-0.2, -0.15) is 0 Å². The number of anilines is 1. The fourth-order valence-corrected chi connectivity index (χ4v) is 2.83. The van der Waals surface area contributed by atoms with Crippen LogP contribution in [0.5, 0.6) is 0 Å². The number of nitrogens with zero attached hydrogens (tertiary/aromatic N) is 4. The Bertz CT molecular complexity index is 726. The van der Waals surface area contributed by atoms with Gasteiger partial charge in [0.1, 0.15) is 36.5 Å². The topological polar surface area (TPSA) is 166 Å². The van der Waals surface area contributed by atoms with Gasteiger partial charge in [-0.3, -0.25) is 9.13 Å². The van der Waals surface area contributed by atoms with Crippen molar-refractivity contribution in [2.45, 2.75) is 24.5 Å². The number of rotatable bonds is 5. The number of nitrogen functional groups attached to an aromatic ring is 1. The van der Waals surface area contributed by atoms with E-state index in [1.165, 1.54) is 17.2 Å². The molecule has 0 amide bonds. The van der Waals surface area contributed by atoms with E-state index in [1.54, 1.807) is 0 Å². The average molecular weight is 345 g/mol. The highest BCUT2D eigenvalue weighted by Gasteiger charge is 2.46. The van der Waals surface area contributed by atoms with Gasteiger partial charge in [0.25, 0.3) is 0 Å². The van der Waals surface area contributed by atoms with Crippen molar-refractivity contribution in [2.24, 2.45) is 0 Å². The van der Waals surface area contributed by atoms with Gasteiger partial charge in [0, 0.05) is 0 Å². The lowest BCUT2D eigenvalue weighted by Crippen LogP contribution is -2.35. The second-order valence-corrected chi connectivity index (χ2v) is 6.07. The van der Waals surface area contributed by atoms with Crippen molar-refractivity contribution in [1.29, 1.82) is 0 Å². The van der Waals surface area contributed by atoms with Crippen molar-refractivity contribution in [3.63, 3.8) is 0 Å². The van der Waals surface area contributed by atoms with Gasteiger partial charge in [-0.15, -0.1) is 0 Å². The Kier molecular flexibility index (Phi) is 4.57. The van der Waals surface area contributed by atoms with Gasteiger partial charge in [-0.05, 0) is 0 Å². The first-order chi connectivity index (χ1) is 11.0. The molecule has 5 atom stereocenters. The third-order valence-corrected chi connectivity index (χ3v) is 3.97. The smallest absolute Gasteiger partial charge is 0.214 e. The predicted octanol–water partition coefficient (Wildman–Crippen LogP) is -1.53. The molecule has 11 nitrogen and oxygen atoms in total. The van der Waals surface area contributed by atoms with Crippen LogP contribution in [0.1, 0.15) is 6.23 Å². The van der Waals surface area contributed by atoms with Crippen molar-refractivity contribution in [3.8, 4) is 0 Å². The Balaban J connectivity index is 1.97. The highest BCUT2D eigenvalue weighted by molar-refractivity contribution is 7.37. The number of hydrogen-bond acceptors (Lipinski definition) is 9. The molecule has 0 saturated carbocycles. The molecule has 3 rings (SSSR count). The number of aromatic nitrogens is 4. The summed E-state index contributed by atoms with van der Waals surface area (Å²) in [4.78, 5) is 20.9. The van der Waals surface area contributed by atoms with Crippen molar-refractivity contribution in [2.75, 3.05) is 18.7 Å². The van der Waals surface area contributed by atoms with Gasteiger partial charge in [0.15, 0.2) is 17.7 Å². The van der Waals surface area contributed by atoms with Crippen LogP contribution in [0, 0.1) is 0 Å². The van der Waals surface area contributed by atoms with Crippen LogP contribution >= 0.6 is 8.03 Å². The largest absolute Gasteiger partial charge is 0.394 e. The first-order valence-corrected chi connectivity index (χ1v) is 8.30. The van der Waals surface area contributed by atoms with Gasteiger partial charge in [-0.25, -0.2) is 15.0 Å². The maximum absolute atomic E-state index is 10.9. The highest BCUT2D eigenvalue weighted by atomic mass is 31.1. The molecule has 2 unspecified atom stereocenters. The first kappa shape index (κ1) is 16.2. The fraction of sp³-hybridized carbons (Fsp3) is 0.545. The molecule has 0 spiro atoms. The van der Waals surface area contributed by atoms with Gasteiger partial charge >= 0.3 is 0 Å². The zero-order valence-corrected chi connectivity index (χ0v) is 12.8. The van der Waals surface area contributed by atoms with Crippen LogP contribution in [-0.4, -0.2) is 65.9 Å². The Morgan fingerprint density at radius 3 is 2.91 bits per heavy atom. The predicted molar refractivity (Wildman–Crippen MR) is 77.7 cm³/mol. The molecule has 0 aliphatic carbocycles. The molecule has 1 aliphatic heterocycles. The van der Waals surface area contributed by atoms with Gasteiger partial charge < -0.3 is 30.3 Å². The Morgan fingerprint density at radius 2 is 2.22 bits per heavy atom. The van der Waals surface area contributed by atoms with E-state index in [0.29, 0.717) is 11.2 Å². The van der Waals surface area contributed by atoms with Crippen molar-refractivity contribution in [1.82, 2.24) is 19.5 Å². The average Bonchev–Trinajstić information content (AvgIpc) is 3.07. The zero-order chi connectivity index (χ0) is 16.6. The van der Waals surface area contributed by atoms with E-state index in [9.17, 15) is 14.8 Å². The summed E-state index contributed by atoms with van der Waals surface area (Å²) in [6.07, 6.45) is -1.72. The van der Waals surface area contributed by atoms with Crippen LogP contribution in [0.2, 0.25) is 0 Å². The van der Waals surface area contributed by atoms with Crippen molar-refractivity contribution >= 4 is 25.0 Å². The van der Waals surface area contributed by atoms with E-state index in [0.717, 1.165) is 0 Å². The van der Waals surface area contributed by atoms with Crippen LogP contribution in [-0.2, 0) is 14.0 Å². The molecule has 1 saturated heterocycles. The minimum atomic E-state index is -2.88. The summed E-state index contributed by atoms with van der Waals surface area (Å²) < 4.78 is 23.3. The number of imidazole rings is 1. The molecule has 0 radical (unpaired) electrons. The quantitative estimate of drug-likeness (QED) is 0.467. The lowest BCUT2D eigenvalue weighted by atomic mass is 10.1. The molecule has 1 fully saturated rings. The maximum atomic E-state index is 10.9. The van der Waals surface area contributed by atoms with E-state index in [1.807, 2.05) is 0 Å². The molecular formula is C11H16N5O6P. The van der Waals surface area contributed by atoms with E-state index >= 15 is 0 Å². The number of aliphatic hydroxyl groups is 2. The van der Waals surface area contributed by atoms with Crippen LogP contribution in [0.3, 0.4) is 0 Å². The number of ether oxygens (including phenoxy) is 2. The summed E-state index contributed by atoms with van der Waals surface area (Å²) in [6, 6.07) is 0. The minimum Gasteiger partial charge on any atom is -0.394 e. The van der Waals surface area contributed by atoms with Gasteiger partial charge in [0.05, 0.1) is 12.9 Å². The minimum absolute atomic E-state index is 0.184. The van der Waals surface area contributed by atoms with Gasteiger partial charge in [-0.1, -0.05) is 0 Å². The third-order valence-electron chi connectivity index (χ3n) is 3.55.